The minimum absolute atomic E-state index is 0.140. The molecule has 0 fully saturated rings. The molecule has 21 heavy (non-hydrogen) atoms. The van der Waals surface area contributed by atoms with E-state index < -0.39 is 17.0 Å². The fourth-order valence-corrected chi connectivity index (χ4v) is 3.19. The van der Waals surface area contributed by atoms with Crippen molar-refractivity contribution in [2.75, 3.05) is 0 Å². The van der Waals surface area contributed by atoms with Crippen LogP contribution in [0.1, 0.15) is 28.7 Å². The van der Waals surface area contributed by atoms with Crippen LogP contribution in [0.15, 0.2) is 17.6 Å². The summed E-state index contributed by atoms with van der Waals surface area (Å²) in [4.78, 5) is 9.44. The molecule has 3 nitrogen and oxygen atoms in total. The van der Waals surface area contributed by atoms with Crippen LogP contribution in [0.3, 0.4) is 0 Å². The van der Waals surface area contributed by atoms with Gasteiger partial charge >= 0.3 is 0 Å². The molecule has 0 N–H and O–H groups in total. The van der Waals surface area contributed by atoms with E-state index in [0.717, 1.165) is 16.6 Å². The Kier molecular flexibility index (Phi) is 3.67. The van der Waals surface area contributed by atoms with Gasteiger partial charge in [-0.05, 0) is 19.9 Å². The smallest absolute Gasteiger partial charge is 0.153 e. The molecule has 2 heterocycles. The molecule has 3 aromatic rings. The van der Waals surface area contributed by atoms with Gasteiger partial charge in [0.1, 0.15) is 17.2 Å². The van der Waals surface area contributed by atoms with Crippen LogP contribution in [0.5, 0.6) is 0 Å². The molecule has 0 aliphatic rings. The summed E-state index contributed by atoms with van der Waals surface area (Å²) in [6, 6.07) is 2.12. The van der Waals surface area contributed by atoms with E-state index in [0.29, 0.717) is 17.9 Å². The fraction of sp³-hybridized carbons (Fsp3) is 0.286. The Morgan fingerprint density at radius 2 is 2.14 bits per heavy atom. The SMILES string of the molecule is Cc1ncsc1Cn1c(C(C)Cl)nc2c(F)cc(F)cc21. The highest BCUT2D eigenvalue weighted by Gasteiger charge is 2.19. The number of alkyl halides is 1. The highest BCUT2D eigenvalue weighted by Crippen LogP contribution is 2.28. The van der Waals surface area contributed by atoms with Gasteiger partial charge in [0.2, 0.25) is 0 Å². The Bertz CT molecular complexity index is 810. The first-order valence-electron chi connectivity index (χ1n) is 6.35. The summed E-state index contributed by atoms with van der Waals surface area (Å²) in [6.45, 7) is 4.10. The lowest BCUT2D eigenvalue weighted by molar-refractivity contribution is 0.590. The van der Waals surface area contributed by atoms with Crippen LogP contribution in [0.25, 0.3) is 11.0 Å². The summed E-state index contributed by atoms with van der Waals surface area (Å²) < 4.78 is 29.2. The first kappa shape index (κ1) is 14.4. The second kappa shape index (κ2) is 5.35. The quantitative estimate of drug-likeness (QED) is 0.666. The minimum atomic E-state index is -0.677. The van der Waals surface area contributed by atoms with Crippen molar-refractivity contribution < 1.29 is 8.78 Å². The van der Waals surface area contributed by atoms with E-state index in [4.69, 9.17) is 11.6 Å². The number of imidazole rings is 1. The van der Waals surface area contributed by atoms with Crippen LogP contribution in [0, 0.1) is 18.6 Å². The monoisotopic (exact) mass is 327 g/mol. The fourth-order valence-electron chi connectivity index (χ4n) is 2.26. The number of fused-ring (bicyclic) bond motifs is 1. The van der Waals surface area contributed by atoms with E-state index in [2.05, 4.69) is 9.97 Å². The van der Waals surface area contributed by atoms with Gasteiger partial charge in [-0.15, -0.1) is 22.9 Å². The lowest BCUT2D eigenvalue weighted by Crippen LogP contribution is -2.05. The van der Waals surface area contributed by atoms with Gasteiger partial charge in [0.15, 0.2) is 5.82 Å². The van der Waals surface area contributed by atoms with Gasteiger partial charge < -0.3 is 4.57 Å². The maximum atomic E-state index is 13.9. The molecule has 1 unspecified atom stereocenters. The Labute approximate surface area is 129 Å². The number of thiazole rings is 1. The molecule has 0 radical (unpaired) electrons. The number of aromatic nitrogens is 3. The van der Waals surface area contributed by atoms with Gasteiger partial charge in [-0.1, -0.05) is 0 Å². The lowest BCUT2D eigenvalue weighted by Gasteiger charge is -2.09. The lowest BCUT2D eigenvalue weighted by atomic mass is 10.3. The summed E-state index contributed by atoms with van der Waals surface area (Å²) in [5.41, 5.74) is 3.19. The van der Waals surface area contributed by atoms with Crippen LogP contribution in [0.4, 0.5) is 8.78 Å². The number of hydrogen-bond acceptors (Lipinski definition) is 3. The molecule has 110 valence electrons. The number of hydrogen-bond donors (Lipinski definition) is 0. The largest absolute Gasteiger partial charge is 0.321 e. The zero-order valence-electron chi connectivity index (χ0n) is 11.4. The number of halogens is 3. The van der Waals surface area contributed by atoms with E-state index in [1.807, 2.05) is 6.92 Å². The van der Waals surface area contributed by atoms with E-state index in [-0.39, 0.29) is 5.52 Å². The van der Waals surface area contributed by atoms with Gasteiger partial charge in [-0.3, -0.25) is 0 Å². The first-order valence-corrected chi connectivity index (χ1v) is 7.67. The second-order valence-electron chi connectivity index (χ2n) is 4.79. The predicted molar refractivity (Wildman–Crippen MR) is 79.9 cm³/mol. The molecule has 1 aromatic carbocycles. The Hall–Kier alpha value is -1.53. The van der Waals surface area contributed by atoms with Gasteiger partial charge in [0.25, 0.3) is 0 Å². The van der Waals surface area contributed by atoms with Gasteiger partial charge in [0.05, 0.1) is 28.6 Å². The van der Waals surface area contributed by atoms with Crippen LogP contribution in [-0.4, -0.2) is 14.5 Å². The number of aryl methyl sites for hydroxylation is 1. The van der Waals surface area contributed by atoms with Gasteiger partial charge in [-0.25, -0.2) is 18.7 Å². The Balaban J connectivity index is 2.23. The van der Waals surface area contributed by atoms with E-state index in [9.17, 15) is 8.78 Å². The van der Waals surface area contributed by atoms with Crippen molar-refractivity contribution in [2.24, 2.45) is 0 Å². The second-order valence-corrected chi connectivity index (χ2v) is 6.38. The predicted octanol–water partition coefficient (Wildman–Crippen LogP) is 4.43. The third-order valence-corrected chi connectivity index (χ3v) is 4.42. The van der Waals surface area contributed by atoms with Crippen LogP contribution in [0.2, 0.25) is 0 Å². The van der Waals surface area contributed by atoms with Crippen molar-refractivity contribution in [3.8, 4) is 0 Å². The molecule has 3 rings (SSSR count). The summed E-state index contributed by atoms with van der Waals surface area (Å²) in [6.07, 6.45) is 0. The molecular formula is C14H12ClF2N3S. The standard InChI is InChI=1S/C14H12ClF2N3S/c1-7(15)14-19-13-10(17)3-9(16)4-11(13)20(14)5-12-8(2)18-6-21-12/h3-4,6-7H,5H2,1-2H3. The number of rotatable bonds is 3. The Morgan fingerprint density at radius 3 is 2.76 bits per heavy atom. The average Bonchev–Trinajstić information content (AvgIpc) is 2.96. The number of nitrogens with zero attached hydrogens (tertiary/aromatic N) is 3. The topological polar surface area (TPSA) is 30.7 Å². The van der Waals surface area contributed by atoms with Crippen molar-refractivity contribution in [2.45, 2.75) is 25.8 Å². The van der Waals surface area contributed by atoms with E-state index in [1.165, 1.54) is 17.4 Å². The molecule has 0 saturated heterocycles. The summed E-state index contributed by atoms with van der Waals surface area (Å²) >= 11 is 7.63. The Morgan fingerprint density at radius 1 is 1.38 bits per heavy atom. The highest BCUT2D eigenvalue weighted by molar-refractivity contribution is 7.09. The maximum absolute atomic E-state index is 13.9. The van der Waals surface area contributed by atoms with Crippen LogP contribution < -0.4 is 0 Å². The molecule has 0 aliphatic heterocycles. The van der Waals surface area contributed by atoms with Crippen molar-refractivity contribution >= 4 is 34.0 Å². The molecule has 0 saturated carbocycles. The van der Waals surface area contributed by atoms with Crippen molar-refractivity contribution in [1.29, 1.82) is 0 Å². The van der Waals surface area contributed by atoms with Crippen molar-refractivity contribution in [3.05, 3.63) is 45.7 Å². The summed E-state index contributed by atoms with van der Waals surface area (Å²) in [5.74, 6) is -0.789. The zero-order valence-corrected chi connectivity index (χ0v) is 13.0. The third-order valence-electron chi connectivity index (χ3n) is 3.30. The average molecular weight is 328 g/mol. The van der Waals surface area contributed by atoms with Crippen LogP contribution >= 0.6 is 22.9 Å². The number of benzene rings is 1. The minimum Gasteiger partial charge on any atom is -0.321 e. The molecular weight excluding hydrogens is 316 g/mol. The van der Waals surface area contributed by atoms with Gasteiger partial charge in [0, 0.05) is 10.9 Å². The molecule has 0 amide bonds. The molecule has 0 bridgehead atoms. The van der Waals surface area contributed by atoms with Crippen LogP contribution in [-0.2, 0) is 6.54 Å². The summed E-state index contributed by atoms with van der Waals surface area (Å²) in [5, 5.41) is -0.409. The summed E-state index contributed by atoms with van der Waals surface area (Å²) in [7, 11) is 0. The zero-order chi connectivity index (χ0) is 15.1. The van der Waals surface area contributed by atoms with E-state index in [1.54, 1.807) is 17.0 Å². The van der Waals surface area contributed by atoms with E-state index >= 15 is 0 Å². The van der Waals surface area contributed by atoms with Crippen molar-refractivity contribution in [3.63, 3.8) is 0 Å². The third kappa shape index (κ3) is 2.53. The molecule has 7 heteroatoms. The molecule has 1 atom stereocenters. The highest BCUT2D eigenvalue weighted by atomic mass is 35.5. The first-order chi connectivity index (χ1) is 9.97. The molecule has 0 aliphatic carbocycles. The molecule has 0 spiro atoms. The van der Waals surface area contributed by atoms with Gasteiger partial charge in [-0.2, -0.15) is 0 Å². The molecule has 2 aromatic heterocycles. The van der Waals surface area contributed by atoms with Crippen molar-refractivity contribution in [1.82, 2.24) is 14.5 Å². The normalized spacial score (nSPS) is 13.0. The maximum Gasteiger partial charge on any atom is 0.153 e.